The van der Waals surface area contributed by atoms with Gasteiger partial charge in [-0.2, -0.15) is 0 Å². The number of hydrogen-bond donors (Lipinski definition) is 2. The second-order valence-corrected chi connectivity index (χ2v) is 2.52. The quantitative estimate of drug-likeness (QED) is 0.669. The highest BCUT2D eigenvalue weighted by atomic mass is 16.4. The van der Waals surface area contributed by atoms with E-state index in [1.807, 2.05) is 0 Å². The van der Waals surface area contributed by atoms with Crippen molar-refractivity contribution in [1.82, 2.24) is 4.98 Å². The molecule has 0 aliphatic rings. The molecule has 0 aromatic carbocycles. The van der Waals surface area contributed by atoms with Crippen LogP contribution in [0.4, 0.5) is 0 Å². The Balaban J connectivity index is 3.02. The van der Waals surface area contributed by atoms with Crippen molar-refractivity contribution in [1.29, 1.82) is 0 Å². The molecule has 4 heteroatoms. The minimum atomic E-state index is -1.06. The van der Waals surface area contributed by atoms with Crippen LogP contribution < -0.4 is 5.73 Å². The lowest BCUT2D eigenvalue weighted by Gasteiger charge is -2.07. The number of aliphatic carboxylic acids is 1. The monoisotopic (exact) mass is 166 g/mol. The van der Waals surface area contributed by atoms with Gasteiger partial charge in [0.1, 0.15) is 6.04 Å². The second kappa shape index (κ2) is 3.32. The number of nitrogens with two attached hydrogens (primary N) is 1. The molecule has 0 saturated heterocycles. The fourth-order valence-electron chi connectivity index (χ4n) is 0.940. The summed E-state index contributed by atoms with van der Waals surface area (Å²) >= 11 is 0. The molecule has 1 atom stereocenters. The Morgan fingerprint density at radius 2 is 2.42 bits per heavy atom. The van der Waals surface area contributed by atoms with E-state index < -0.39 is 12.0 Å². The van der Waals surface area contributed by atoms with Gasteiger partial charge in [-0.05, 0) is 18.6 Å². The molecule has 0 spiro atoms. The van der Waals surface area contributed by atoms with E-state index >= 15 is 0 Å². The third-order valence-electron chi connectivity index (χ3n) is 1.61. The zero-order chi connectivity index (χ0) is 9.14. The highest BCUT2D eigenvalue weighted by Crippen LogP contribution is 2.11. The van der Waals surface area contributed by atoms with E-state index in [1.165, 1.54) is 6.20 Å². The molecule has 1 rings (SSSR count). The zero-order valence-electron chi connectivity index (χ0n) is 6.69. The normalized spacial score (nSPS) is 12.5. The molecule has 1 aromatic heterocycles. The number of carbonyl (C=O) groups is 1. The van der Waals surface area contributed by atoms with Gasteiger partial charge in [-0.25, -0.2) is 0 Å². The first-order chi connectivity index (χ1) is 5.63. The minimum Gasteiger partial charge on any atom is -0.480 e. The van der Waals surface area contributed by atoms with E-state index in [-0.39, 0.29) is 0 Å². The summed E-state index contributed by atoms with van der Waals surface area (Å²) < 4.78 is 0. The number of carboxylic acids is 1. The second-order valence-electron chi connectivity index (χ2n) is 2.52. The van der Waals surface area contributed by atoms with Crippen molar-refractivity contribution in [3.8, 4) is 0 Å². The number of aryl methyl sites for hydroxylation is 1. The Kier molecular flexibility index (Phi) is 2.40. The SMILES string of the molecule is Cc1cccnc1C(N)C(=O)O. The number of aromatic nitrogens is 1. The smallest absolute Gasteiger partial charge is 0.326 e. The highest BCUT2D eigenvalue weighted by molar-refractivity contribution is 5.74. The van der Waals surface area contributed by atoms with Crippen molar-refractivity contribution < 1.29 is 9.90 Å². The number of hydrogen-bond acceptors (Lipinski definition) is 3. The van der Waals surface area contributed by atoms with E-state index in [4.69, 9.17) is 10.8 Å². The maximum absolute atomic E-state index is 10.5. The van der Waals surface area contributed by atoms with Crippen LogP contribution in [0.1, 0.15) is 17.3 Å². The first-order valence-electron chi connectivity index (χ1n) is 3.53. The van der Waals surface area contributed by atoms with E-state index in [9.17, 15) is 4.79 Å². The lowest BCUT2D eigenvalue weighted by molar-refractivity contribution is -0.138. The van der Waals surface area contributed by atoms with Crippen LogP contribution in [-0.2, 0) is 4.79 Å². The first-order valence-corrected chi connectivity index (χ1v) is 3.53. The summed E-state index contributed by atoms with van der Waals surface area (Å²) in [5.41, 5.74) is 6.60. The molecule has 64 valence electrons. The number of nitrogens with zero attached hydrogens (tertiary/aromatic N) is 1. The predicted octanol–water partition coefficient (Wildman–Crippen LogP) is 0.474. The van der Waals surface area contributed by atoms with Gasteiger partial charge in [-0.15, -0.1) is 0 Å². The number of rotatable bonds is 2. The van der Waals surface area contributed by atoms with Gasteiger partial charge in [0, 0.05) is 6.20 Å². The Bertz CT molecular complexity index is 299. The van der Waals surface area contributed by atoms with Crippen LogP contribution in [0.25, 0.3) is 0 Å². The molecule has 3 N–H and O–H groups in total. The van der Waals surface area contributed by atoms with Gasteiger partial charge in [0.05, 0.1) is 5.69 Å². The highest BCUT2D eigenvalue weighted by Gasteiger charge is 2.16. The van der Waals surface area contributed by atoms with Crippen LogP contribution >= 0.6 is 0 Å². The average Bonchev–Trinajstić information content (AvgIpc) is 2.04. The fraction of sp³-hybridized carbons (Fsp3) is 0.250. The molecular formula is C8H10N2O2. The molecule has 0 amide bonds. The molecule has 12 heavy (non-hydrogen) atoms. The fourth-order valence-corrected chi connectivity index (χ4v) is 0.940. The lowest BCUT2D eigenvalue weighted by atomic mass is 10.1. The molecule has 0 aliphatic carbocycles. The summed E-state index contributed by atoms with van der Waals surface area (Å²) in [5, 5.41) is 8.59. The molecular weight excluding hydrogens is 156 g/mol. The standard InChI is InChI=1S/C8H10N2O2/c1-5-3-2-4-10-7(5)6(9)8(11)12/h2-4,6H,9H2,1H3,(H,11,12). The van der Waals surface area contributed by atoms with Crippen molar-refractivity contribution >= 4 is 5.97 Å². The average molecular weight is 166 g/mol. The van der Waals surface area contributed by atoms with Crippen LogP contribution in [0.2, 0.25) is 0 Å². The molecule has 0 radical (unpaired) electrons. The van der Waals surface area contributed by atoms with Crippen molar-refractivity contribution in [3.05, 3.63) is 29.6 Å². The topological polar surface area (TPSA) is 76.2 Å². The third kappa shape index (κ3) is 1.60. The Morgan fingerprint density at radius 3 is 2.92 bits per heavy atom. The van der Waals surface area contributed by atoms with E-state index in [0.29, 0.717) is 5.69 Å². The van der Waals surface area contributed by atoms with Crippen LogP contribution in [0.3, 0.4) is 0 Å². The van der Waals surface area contributed by atoms with Crippen molar-refractivity contribution in [2.75, 3.05) is 0 Å². The third-order valence-corrected chi connectivity index (χ3v) is 1.61. The molecule has 1 unspecified atom stereocenters. The molecule has 0 aliphatic heterocycles. The van der Waals surface area contributed by atoms with Crippen molar-refractivity contribution in [2.45, 2.75) is 13.0 Å². The van der Waals surface area contributed by atoms with Gasteiger partial charge in [0.25, 0.3) is 0 Å². The van der Waals surface area contributed by atoms with Gasteiger partial charge in [-0.1, -0.05) is 6.07 Å². The number of pyridine rings is 1. The van der Waals surface area contributed by atoms with Gasteiger partial charge in [0.15, 0.2) is 0 Å². The maximum atomic E-state index is 10.5. The van der Waals surface area contributed by atoms with Crippen molar-refractivity contribution in [2.24, 2.45) is 5.73 Å². The minimum absolute atomic E-state index is 0.421. The van der Waals surface area contributed by atoms with Gasteiger partial charge in [0.2, 0.25) is 0 Å². The largest absolute Gasteiger partial charge is 0.480 e. The van der Waals surface area contributed by atoms with E-state index in [2.05, 4.69) is 4.98 Å². The Labute approximate surface area is 70.0 Å². The van der Waals surface area contributed by atoms with Gasteiger partial charge < -0.3 is 10.8 Å². The first kappa shape index (κ1) is 8.67. The zero-order valence-corrected chi connectivity index (χ0v) is 6.69. The lowest BCUT2D eigenvalue weighted by Crippen LogP contribution is -2.22. The molecule has 0 fully saturated rings. The predicted molar refractivity (Wildman–Crippen MR) is 43.5 cm³/mol. The van der Waals surface area contributed by atoms with Crippen LogP contribution in [0, 0.1) is 6.92 Å². The van der Waals surface area contributed by atoms with Crippen LogP contribution in [-0.4, -0.2) is 16.1 Å². The molecule has 0 bridgehead atoms. The van der Waals surface area contributed by atoms with Crippen LogP contribution in [0.15, 0.2) is 18.3 Å². The summed E-state index contributed by atoms with van der Waals surface area (Å²) in [6.45, 7) is 1.78. The molecule has 4 nitrogen and oxygen atoms in total. The summed E-state index contributed by atoms with van der Waals surface area (Å²) in [5.74, 6) is -1.06. The molecule has 1 aromatic rings. The Hall–Kier alpha value is -1.42. The maximum Gasteiger partial charge on any atom is 0.326 e. The molecule has 0 saturated carbocycles. The Morgan fingerprint density at radius 1 is 1.75 bits per heavy atom. The summed E-state index contributed by atoms with van der Waals surface area (Å²) in [7, 11) is 0. The van der Waals surface area contributed by atoms with Gasteiger partial charge in [-0.3, -0.25) is 9.78 Å². The van der Waals surface area contributed by atoms with E-state index in [0.717, 1.165) is 5.56 Å². The van der Waals surface area contributed by atoms with E-state index in [1.54, 1.807) is 19.1 Å². The van der Waals surface area contributed by atoms with Gasteiger partial charge >= 0.3 is 5.97 Å². The number of carboxylic acid groups (broad SMARTS) is 1. The summed E-state index contributed by atoms with van der Waals surface area (Å²) in [6.07, 6.45) is 1.53. The summed E-state index contributed by atoms with van der Waals surface area (Å²) in [6, 6.07) is 2.50. The summed E-state index contributed by atoms with van der Waals surface area (Å²) in [4.78, 5) is 14.4. The molecule has 1 heterocycles. The van der Waals surface area contributed by atoms with Crippen molar-refractivity contribution in [3.63, 3.8) is 0 Å². The van der Waals surface area contributed by atoms with Crippen LogP contribution in [0.5, 0.6) is 0 Å².